The Hall–Kier alpha value is -1.34. The minimum absolute atomic E-state index is 0.128. The summed E-state index contributed by atoms with van der Waals surface area (Å²) >= 11 is 3.66. The summed E-state index contributed by atoms with van der Waals surface area (Å²) in [6.45, 7) is 8.79. The minimum Gasteiger partial charge on any atom is -0.508 e. The van der Waals surface area contributed by atoms with Crippen molar-refractivity contribution in [2.24, 2.45) is 0 Å². The molecule has 0 spiro atoms. The molecule has 0 saturated heterocycles. The van der Waals surface area contributed by atoms with Crippen molar-refractivity contribution in [3.05, 3.63) is 29.3 Å². The molecule has 1 rings (SSSR count). The molecule has 5 nitrogen and oxygen atoms in total. The van der Waals surface area contributed by atoms with Gasteiger partial charge in [0.25, 0.3) is 0 Å². The molecule has 0 amide bonds. The third kappa shape index (κ3) is 24.7. The highest BCUT2D eigenvalue weighted by molar-refractivity contribution is 7.99. The van der Waals surface area contributed by atoms with Crippen molar-refractivity contribution in [2.75, 3.05) is 29.6 Å². The maximum atomic E-state index is 12.4. The van der Waals surface area contributed by atoms with Gasteiger partial charge in [0, 0.05) is 22.5 Å². The highest BCUT2D eigenvalue weighted by Crippen LogP contribution is 2.32. The van der Waals surface area contributed by atoms with Gasteiger partial charge >= 0.3 is 11.9 Å². The van der Waals surface area contributed by atoms with Crippen LogP contribution in [0.25, 0.3) is 0 Å². The van der Waals surface area contributed by atoms with Crippen molar-refractivity contribution in [3.8, 4) is 5.75 Å². The highest BCUT2D eigenvalue weighted by Gasteiger charge is 2.26. The first kappa shape index (κ1) is 44.7. The highest BCUT2D eigenvalue weighted by atomic mass is 32.2. The summed E-state index contributed by atoms with van der Waals surface area (Å²) in [6, 6.07) is 5.36. The molecule has 0 aromatic heterocycles. The lowest BCUT2D eigenvalue weighted by atomic mass is 9.84. The third-order valence-corrected chi connectivity index (χ3v) is 11.1. The Kier molecular flexibility index (Phi) is 28.4. The van der Waals surface area contributed by atoms with Crippen LogP contribution in [0.3, 0.4) is 0 Å². The molecule has 0 heterocycles. The SMILES string of the molecule is CCCCCCCCCCCCSCCC(=O)OCc1ccc(C(C)(C)COC(=O)CCSCCCCCCCCCCCC)c(O)c1. The predicted molar refractivity (Wildman–Crippen MR) is 209 cm³/mol. The number of esters is 2. The molecule has 0 radical (unpaired) electrons. The topological polar surface area (TPSA) is 72.8 Å². The van der Waals surface area contributed by atoms with E-state index in [1.165, 1.54) is 128 Å². The fourth-order valence-corrected chi connectivity index (χ4v) is 7.63. The first-order valence-corrected chi connectivity index (χ1v) is 21.9. The van der Waals surface area contributed by atoms with Crippen LogP contribution in [0, 0.1) is 0 Å². The fourth-order valence-electron chi connectivity index (χ4n) is 5.78. The van der Waals surface area contributed by atoms with Gasteiger partial charge < -0.3 is 14.6 Å². The van der Waals surface area contributed by atoms with Gasteiger partial charge in [-0.15, -0.1) is 0 Å². The Morgan fingerprint density at radius 1 is 0.604 bits per heavy atom. The van der Waals surface area contributed by atoms with E-state index in [0.717, 1.165) is 28.6 Å². The van der Waals surface area contributed by atoms with Crippen LogP contribution in [0.15, 0.2) is 18.2 Å². The van der Waals surface area contributed by atoms with Crippen LogP contribution in [0.1, 0.15) is 180 Å². The number of ether oxygens (including phenoxy) is 2. The minimum atomic E-state index is -0.538. The van der Waals surface area contributed by atoms with Gasteiger partial charge in [-0.2, -0.15) is 23.5 Å². The molecule has 1 N–H and O–H groups in total. The molecule has 0 aliphatic heterocycles. The monoisotopic (exact) mass is 708 g/mol. The van der Waals surface area contributed by atoms with Crippen LogP contribution in [-0.2, 0) is 31.1 Å². The molecule has 0 atom stereocenters. The summed E-state index contributed by atoms with van der Waals surface area (Å²) in [4.78, 5) is 24.6. The maximum Gasteiger partial charge on any atom is 0.306 e. The van der Waals surface area contributed by atoms with E-state index in [2.05, 4.69) is 13.8 Å². The Bertz CT molecular complexity index is 935. The standard InChI is InChI=1S/C41H72O5S2/c1-5-7-9-11-13-15-17-19-21-23-29-47-31-27-39(43)45-34-36-25-26-37(38(42)33-36)41(3,4)35-46-40(44)28-32-48-30-24-22-20-18-16-14-12-10-8-6-2/h25-26,33,42H,5-24,27-32,34-35H2,1-4H3. The molecule has 0 unspecified atom stereocenters. The number of carbonyl (C=O) groups excluding carboxylic acids is 2. The summed E-state index contributed by atoms with van der Waals surface area (Å²) < 4.78 is 11.1. The first-order valence-electron chi connectivity index (χ1n) is 19.6. The van der Waals surface area contributed by atoms with E-state index in [9.17, 15) is 14.7 Å². The molecule has 1 aromatic carbocycles. The lowest BCUT2D eigenvalue weighted by molar-refractivity contribution is -0.145. The molecule has 7 heteroatoms. The number of phenols is 1. The zero-order valence-electron chi connectivity index (χ0n) is 31.4. The van der Waals surface area contributed by atoms with Crippen LogP contribution in [0.2, 0.25) is 0 Å². The van der Waals surface area contributed by atoms with E-state index in [1.54, 1.807) is 6.07 Å². The number of phenolic OH excluding ortho intramolecular Hbond substituents is 1. The Balaban J connectivity index is 2.12. The van der Waals surface area contributed by atoms with Crippen LogP contribution in [0.4, 0.5) is 0 Å². The van der Waals surface area contributed by atoms with E-state index in [0.29, 0.717) is 18.4 Å². The first-order chi connectivity index (χ1) is 23.3. The lowest BCUT2D eigenvalue weighted by Crippen LogP contribution is -2.26. The number of hydrogen-bond donors (Lipinski definition) is 1. The average molecular weight is 709 g/mol. The largest absolute Gasteiger partial charge is 0.508 e. The van der Waals surface area contributed by atoms with E-state index in [4.69, 9.17) is 9.47 Å². The number of aromatic hydroxyl groups is 1. The Labute approximate surface area is 304 Å². The van der Waals surface area contributed by atoms with Crippen molar-refractivity contribution >= 4 is 35.5 Å². The van der Waals surface area contributed by atoms with Crippen molar-refractivity contribution in [1.82, 2.24) is 0 Å². The molecular weight excluding hydrogens is 637 g/mol. The summed E-state index contributed by atoms with van der Waals surface area (Å²) in [7, 11) is 0. The van der Waals surface area contributed by atoms with Gasteiger partial charge in [-0.05, 0) is 36.0 Å². The van der Waals surface area contributed by atoms with Gasteiger partial charge in [0.15, 0.2) is 0 Å². The van der Waals surface area contributed by atoms with E-state index < -0.39 is 5.41 Å². The second-order valence-electron chi connectivity index (χ2n) is 14.1. The normalized spacial score (nSPS) is 11.6. The number of unbranched alkanes of at least 4 members (excludes halogenated alkanes) is 18. The predicted octanol–water partition coefficient (Wildman–Crippen LogP) is 12.3. The van der Waals surface area contributed by atoms with Gasteiger partial charge in [-0.1, -0.05) is 155 Å². The van der Waals surface area contributed by atoms with Crippen LogP contribution < -0.4 is 0 Å². The van der Waals surface area contributed by atoms with Gasteiger partial charge in [0.05, 0.1) is 12.8 Å². The number of rotatable bonds is 33. The summed E-state index contributed by atoms with van der Waals surface area (Å²) in [6.07, 6.45) is 27.6. The molecule has 0 aliphatic carbocycles. The average Bonchev–Trinajstić information content (AvgIpc) is 3.07. The molecule has 0 bridgehead atoms. The molecule has 278 valence electrons. The van der Waals surface area contributed by atoms with E-state index in [1.807, 2.05) is 49.5 Å². The summed E-state index contributed by atoms with van der Waals surface area (Å²) in [5.41, 5.74) is 0.919. The number of hydrogen-bond acceptors (Lipinski definition) is 7. The van der Waals surface area contributed by atoms with Crippen molar-refractivity contribution in [2.45, 2.75) is 181 Å². The second-order valence-corrected chi connectivity index (χ2v) is 16.6. The van der Waals surface area contributed by atoms with E-state index in [-0.39, 0.29) is 30.9 Å². The zero-order valence-corrected chi connectivity index (χ0v) is 33.1. The number of benzene rings is 1. The van der Waals surface area contributed by atoms with Crippen molar-refractivity contribution < 1.29 is 24.2 Å². The van der Waals surface area contributed by atoms with Gasteiger partial charge in [0.1, 0.15) is 19.0 Å². The smallest absolute Gasteiger partial charge is 0.306 e. The molecule has 1 aromatic rings. The zero-order chi connectivity index (χ0) is 35.1. The van der Waals surface area contributed by atoms with Crippen molar-refractivity contribution in [1.29, 1.82) is 0 Å². The van der Waals surface area contributed by atoms with Crippen molar-refractivity contribution in [3.63, 3.8) is 0 Å². The molecule has 0 fully saturated rings. The van der Waals surface area contributed by atoms with Gasteiger partial charge in [-0.25, -0.2) is 0 Å². The van der Waals surface area contributed by atoms with Crippen LogP contribution in [0.5, 0.6) is 5.75 Å². The van der Waals surface area contributed by atoms with Gasteiger partial charge in [-0.3, -0.25) is 9.59 Å². The van der Waals surface area contributed by atoms with Gasteiger partial charge in [0.2, 0.25) is 0 Å². The molecule has 0 aliphatic rings. The third-order valence-electron chi connectivity index (χ3n) is 8.97. The quantitative estimate of drug-likeness (QED) is 0.0575. The summed E-state index contributed by atoms with van der Waals surface area (Å²) in [5, 5.41) is 10.7. The fraction of sp³-hybridized carbons (Fsp3) is 0.805. The number of thioether (sulfide) groups is 2. The Morgan fingerprint density at radius 3 is 1.46 bits per heavy atom. The number of carbonyl (C=O) groups is 2. The lowest BCUT2D eigenvalue weighted by Gasteiger charge is -2.26. The summed E-state index contributed by atoms with van der Waals surface area (Å²) in [5.74, 6) is 3.50. The molecular formula is C41H72O5S2. The van der Waals surface area contributed by atoms with Crippen LogP contribution >= 0.6 is 23.5 Å². The maximum absolute atomic E-state index is 12.4. The Morgan fingerprint density at radius 2 is 1.02 bits per heavy atom. The second kappa shape index (κ2) is 30.5. The molecule has 48 heavy (non-hydrogen) atoms. The van der Waals surface area contributed by atoms with Crippen LogP contribution in [-0.4, -0.2) is 46.7 Å². The van der Waals surface area contributed by atoms with E-state index >= 15 is 0 Å². The molecule has 0 saturated carbocycles.